The Morgan fingerprint density at radius 3 is 2.50 bits per heavy atom. The third kappa shape index (κ3) is 3.64. The Kier molecular flexibility index (Phi) is 4.69. The lowest BCUT2D eigenvalue weighted by Gasteiger charge is -2.25. The summed E-state index contributed by atoms with van der Waals surface area (Å²) in [5.41, 5.74) is 1.15. The summed E-state index contributed by atoms with van der Waals surface area (Å²) in [6, 6.07) is 14.7. The second-order valence-corrected chi connectivity index (χ2v) is 5.71. The van der Waals surface area contributed by atoms with Gasteiger partial charge in [-0.05, 0) is 41.7 Å². The van der Waals surface area contributed by atoms with Gasteiger partial charge in [-0.15, -0.1) is 0 Å². The lowest BCUT2D eigenvalue weighted by molar-refractivity contribution is -0.126. The Balaban J connectivity index is 1.62. The Labute approximate surface area is 131 Å². The van der Waals surface area contributed by atoms with Crippen LogP contribution in [0.2, 0.25) is 0 Å². The first-order valence-corrected chi connectivity index (χ1v) is 7.95. The maximum atomic E-state index is 12.0. The van der Waals surface area contributed by atoms with Crippen LogP contribution in [-0.2, 0) is 4.79 Å². The average Bonchev–Trinajstić information content (AvgIpc) is 2.59. The first-order chi connectivity index (χ1) is 10.8. The minimum Gasteiger partial charge on any atom is -0.339 e. The average molecular weight is 291 g/mol. The number of carbonyl (C=O) groups is 1. The second-order valence-electron chi connectivity index (χ2n) is 5.71. The molecular weight excluding hydrogens is 270 g/mol. The first-order valence-electron chi connectivity index (χ1n) is 7.95. The molecular formula is C20H21NO. The lowest BCUT2D eigenvalue weighted by Crippen LogP contribution is -2.34. The van der Waals surface area contributed by atoms with E-state index in [1.54, 1.807) is 6.08 Å². The van der Waals surface area contributed by atoms with Crippen molar-refractivity contribution in [2.45, 2.75) is 19.3 Å². The minimum atomic E-state index is 0.128. The first kappa shape index (κ1) is 14.6. The Hall–Kier alpha value is -2.35. The van der Waals surface area contributed by atoms with E-state index in [0.29, 0.717) is 0 Å². The van der Waals surface area contributed by atoms with Gasteiger partial charge in [0, 0.05) is 19.2 Å². The summed E-state index contributed by atoms with van der Waals surface area (Å²) in [6.07, 6.45) is 11.0. The quantitative estimate of drug-likeness (QED) is 0.605. The number of carbonyl (C=O) groups excluding carboxylic acids is 1. The molecule has 1 heterocycles. The van der Waals surface area contributed by atoms with Crippen LogP contribution in [0, 0.1) is 0 Å². The molecule has 2 aromatic rings. The molecule has 0 aliphatic carbocycles. The van der Waals surface area contributed by atoms with Gasteiger partial charge in [-0.25, -0.2) is 0 Å². The van der Waals surface area contributed by atoms with Crippen molar-refractivity contribution >= 4 is 22.8 Å². The topological polar surface area (TPSA) is 20.3 Å². The molecule has 0 radical (unpaired) electrons. The van der Waals surface area contributed by atoms with E-state index in [4.69, 9.17) is 0 Å². The molecule has 2 nitrogen and oxygen atoms in total. The van der Waals surface area contributed by atoms with Crippen LogP contribution in [0.4, 0.5) is 0 Å². The van der Waals surface area contributed by atoms with Crippen LogP contribution in [0.3, 0.4) is 0 Å². The number of allylic oxidation sites excluding steroid dienone is 2. The highest BCUT2D eigenvalue weighted by Crippen LogP contribution is 2.16. The molecule has 2 aromatic carbocycles. The molecule has 2 heteroatoms. The Morgan fingerprint density at radius 1 is 0.909 bits per heavy atom. The number of hydrogen-bond donors (Lipinski definition) is 0. The van der Waals surface area contributed by atoms with E-state index in [-0.39, 0.29) is 5.91 Å². The van der Waals surface area contributed by atoms with Gasteiger partial charge in [-0.3, -0.25) is 4.79 Å². The molecule has 1 saturated heterocycles. The van der Waals surface area contributed by atoms with Crippen molar-refractivity contribution in [3.8, 4) is 0 Å². The molecule has 0 atom stereocenters. The number of hydrogen-bond acceptors (Lipinski definition) is 1. The molecule has 0 saturated carbocycles. The van der Waals surface area contributed by atoms with Crippen LogP contribution in [0.1, 0.15) is 24.8 Å². The van der Waals surface area contributed by atoms with E-state index in [9.17, 15) is 4.79 Å². The van der Waals surface area contributed by atoms with Gasteiger partial charge in [0.15, 0.2) is 0 Å². The predicted molar refractivity (Wildman–Crippen MR) is 92.6 cm³/mol. The van der Waals surface area contributed by atoms with Crippen LogP contribution in [0.15, 0.2) is 60.7 Å². The summed E-state index contributed by atoms with van der Waals surface area (Å²) in [5, 5.41) is 2.48. The largest absolute Gasteiger partial charge is 0.339 e. The normalized spacial score (nSPS) is 15.9. The molecule has 0 unspecified atom stereocenters. The number of rotatable bonds is 3. The lowest BCUT2D eigenvalue weighted by atomic mass is 10.1. The zero-order valence-electron chi connectivity index (χ0n) is 12.7. The monoisotopic (exact) mass is 291 g/mol. The molecule has 0 aromatic heterocycles. The predicted octanol–water partition coefficient (Wildman–Crippen LogP) is 4.42. The van der Waals surface area contributed by atoms with Crippen LogP contribution in [0.5, 0.6) is 0 Å². The van der Waals surface area contributed by atoms with Crippen molar-refractivity contribution in [1.82, 2.24) is 4.90 Å². The minimum absolute atomic E-state index is 0.128. The Bertz CT molecular complexity index is 708. The SMILES string of the molecule is O=C(/C=C/C=C/c1ccc2ccccc2c1)N1CCCCC1. The highest BCUT2D eigenvalue weighted by Gasteiger charge is 2.13. The smallest absolute Gasteiger partial charge is 0.246 e. The molecule has 0 spiro atoms. The van der Waals surface area contributed by atoms with Crippen molar-refractivity contribution in [1.29, 1.82) is 0 Å². The van der Waals surface area contributed by atoms with E-state index in [1.165, 1.54) is 17.2 Å². The summed E-state index contributed by atoms with van der Waals surface area (Å²) < 4.78 is 0. The maximum absolute atomic E-state index is 12.0. The molecule has 0 N–H and O–H groups in total. The van der Waals surface area contributed by atoms with Crippen molar-refractivity contribution in [2.75, 3.05) is 13.1 Å². The van der Waals surface area contributed by atoms with E-state index in [0.717, 1.165) is 31.5 Å². The van der Waals surface area contributed by atoms with Crippen LogP contribution in [0.25, 0.3) is 16.8 Å². The third-order valence-electron chi connectivity index (χ3n) is 4.08. The van der Waals surface area contributed by atoms with Crippen molar-refractivity contribution < 1.29 is 4.79 Å². The molecule has 22 heavy (non-hydrogen) atoms. The number of fused-ring (bicyclic) bond motifs is 1. The summed E-state index contributed by atoms with van der Waals surface area (Å²) >= 11 is 0. The standard InChI is InChI=1S/C20H21NO/c22-20(21-14-6-1-7-15-21)11-5-2-8-17-12-13-18-9-3-4-10-19(18)16-17/h2-5,8-13,16H,1,6-7,14-15H2/b8-2+,11-5+. The molecule has 3 rings (SSSR count). The number of benzene rings is 2. The molecule has 1 aliphatic rings. The second kappa shape index (κ2) is 7.08. The van der Waals surface area contributed by atoms with Gasteiger partial charge < -0.3 is 4.90 Å². The molecule has 1 aliphatic heterocycles. The fraction of sp³-hybridized carbons (Fsp3) is 0.250. The van der Waals surface area contributed by atoms with Crippen LogP contribution >= 0.6 is 0 Å². The summed E-state index contributed by atoms with van der Waals surface area (Å²) in [5.74, 6) is 0.128. The van der Waals surface area contributed by atoms with Crippen LogP contribution in [-0.4, -0.2) is 23.9 Å². The molecule has 1 fully saturated rings. The highest BCUT2D eigenvalue weighted by molar-refractivity contribution is 5.88. The maximum Gasteiger partial charge on any atom is 0.246 e. The van der Waals surface area contributed by atoms with Gasteiger partial charge in [-0.2, -0.15) is 0 Å². The number of piperidine rings is 1. The van der Waals surface area contributed by atoms with Gasteiger partial charge in [0.2, 0.25) is 5.91 Å². The van der Waals surface area contributed by atoms with Gasteiger partial charge in [0.25, 0.3) is 0 Å². The summed E-state index contributed by atoms with van der Waals surface area (Å²) in [7, 11) is 0. The fourth-order valence-corrected chi connectivity index (χ4v) is 2.84. The third-order valence-corrected chi connectivity index (χ3v) is 4.08. The summed E-state index contributed by atoms with van der Waals surface area (Å²) in [6.45, 7) is 1.80. The summed E-state index contributed by atoms with van der Waals surface area (Å²) in [4.78, 5) is 13.9. The van der Waals surface area contributed by atoms with E-state index in [1.807, 2.05) is 35.3 Å². The highest BCUT2D eigenvalue weighted by atomic mass is 16.2. The Morgan fingerprint density at radius 2 is 1.68 bits per heavy atom. The fourth-order valence-electron chi connectivity index (χ4n) is 2.84. The van der Waals surface area contributed by atoms with Gasteiger partial charge in [0.1, 0.15) is 0 Å². The van der Waals surface area contributed by atoms with E-state index < -0.39 is 0 Å². The van der Waals surface area contributed by atoms with Crippen molar-refractivity contribution in [2.24, 2.45) is 0 Å². The van der Waals surface area contributed by atoms with Crippen LogP contribution < -0.4 is 0 Å². The van der Waals surface area contributed by atoms with E-state index >= 15 is 0 Å². The molecule has 1 amide bonds. The van der Waals surface area contributed by atoms with Gasteiger partial charge in [0.05, 0.1) is 0 Å². The molecule has 112 valence electrons. The van der Waals surface area contributed by atoms with Crippen molar-refractivity contribution in [3.05, 3.63) is 66.3 Å². The number of amides is 1. The zero-order valence-corrected chi connectivity index (χ0v) is 12.7. The number of likely N-dealkylation sites (tertiary alicyclic amines) is 1. The zero-order chi connectivity index (χ0) is 15.2. The number of nitrogens with zero attached hydrogens (tertiary/aromatic N) is 1. The van der Waals surface area contributed by atoms with Gasteiger partial charge >= 0.3 is 0 Å². The van der Waals surface area contributed by atoms with Crippen molar-refractivity contribution in [3.63, 3.8) is 0 Å². The van der Waals surface area contributed by atoms with Gasteiger partial charge in [-0.1, -0.05) is 54.6 Å². The molecule has 0 bridgehead atoms. The van der Waals surface area contributed by atoms with E-state index in [2.05, 4.69) is 30.3 Å².